The fraction of sp³-hybridized carbons (Fsp3) is 0.296. The fourth-order valence-electron chi connectivity index (χ4n) is 5.00. The summed E-state index contributed by atoms with van der Waals surface area (Å²) in [6.45, 7) is 1.18. The van der Waals surface area contributed by atoms with Crippen LogP contribution in [0, 0.1) is 0 Å². The number of amides is 2. The number of fused-ring (bicyclic) bond motifs is 1. The van der Waals surface area contributed by atoms with Crippen molar-refractivity contribution in [3.63, 3.8) is 0 Å². The van der Waals surface area contributed by atoms with E-state index in [0.29, 0.717) is 25.1 Å². The quantitative estimate of drug-likeness (QED) is 0.609. The first-order valence-electron chi connectivity index (χ1n) is 11.4. The maximum atomic E-state index is 14.1. The molecule has 162 valence electrons. The predicted molar refractivity (Wildman–Crippen MR) is 123 cm³/mol. The molecule has 2 amide bonds. The Kier molecular flexibility index (Phi) is 5.71. The number of hydrogen-bond donors (Lipinski definition) is 0. The summed E-state index contributed by atoms with van der Waals surface area (Å²) < 4.78 is 0. The van der Waals surface area contributed by atoms with Gasteiger partial charge in [-0.05, 0) is 48.1 Å². The van der Waals surface area contributed by atoms with E-state index in [-0.39, 0.29) is 17.9 Å². The van der Waals surface area contributed by atoms with Crippen LogP contribution in [0.4, 0.5) is 0 Å². The lowest BCUT2D eigenvalue weighted by Gasteiger charge is -2.40. The molecule has 0 N–H and O–H groups in total. The van der Waals surface area contributed by atoms with Gasteiger partial charge in [0.25, 0.3) is 5.91 Å². The normalized spacial score (nSPS) is 19.0. The van der Waals surface area contributed by atoms with Crippen molar-refractivity contribution in [3.05, 3.63) is 101 Å². The Morgan fingerprint density at radius 2 is 1.81 bits per heavy atom. The SMILES string of the molecule is O=C1c2ccccc2CN1[C@H](Cc1ccccc1)C(=O)N1CCCC[C@@H]1c1cccnc1. The molecule has 2 aromatic carbocycles. The number of rotatable bonds is 5. The number of carbonyl (C=O) groups excluding carboxylic acids is 2. The molecule has 1 saturated heterocycles. The van der Waals surface area contributed by atoms with Crippen molar-refractivity contribution >= 4 is 11.8 Å². The van der Waals surface area contributed by atoms with Gasteiger partial charge in [0.15, 0.2) is 0 Å². The van der Waals surface area contributed by atoms with Crippen molar-refractivity contribution in [2.45, 2.75) is 44.3 Å². The highest BCUT2D eigenvalue weighted by Crippen LogP contribution is 2.33. The van der Waals surface area contributed by atoms with Crippen LogP contribution in [-0.2, 0) is 17.8 Å². The van der Waals surface area contributed by atoms with Crippen LogP contribution >= 0.6 is 0 Å². The summed E-state index contributed by atoms with van der Waals surface area (Å²) in [6.07, 6.45) is 7.12. The highest BCUT2D eigenvalue weighted by molar-refractivity contribution is 6.01. The lowest BCUT2D eigenvalue weighted by molar-refractivity contribution is -0.140. The molecule has 0 aliphatic carbocycles. The summed E-state index contributed by atoms with van der Waals surface area (Å²) in [6, 6.07) is 21.1. The number of carbonyl (C=O) groups is 2. The van der Waals surface area contributed by atoms with Gasteiger partial charge in [0, 0.05) is 37.5 Å². The zero-order valence-electron chi connectivity index (χ0n) is 18.1. The monoisotopic (exact) mass is 425 g/mol. The molecule has 2 aliphatic rings. The van der Waals surface area contributed by atoms with E-state index in [0.717, 1.165) is 36.0 Å². The molecule has 3 heterocycles. The number of benzene rings is 2. The molecule has 2 aliphatic heterocycles. The van der Waals surface area contributed by atoms with Crippen LogP contribution in [0.15, 0.2) is 79.1 Å². The molecule has 5 nitrogen and oxygen atoms in total. The molecule has 0 unspecified atom stereocenters. The van der Waals surface area contributed by atoms with Gasteiger partial charge in [-0.3, -0.25) is 14.6 Å². The summed E-state index contributed by atoms with van der Waals surface area (Å²) in [4.78, 5) is 35.4. The first-order chi connectivity index (χ1) is 15.7. The molecule has 32 heavy (non-hydrogen) atoms. The Labute approximate surface area is 188 Å². The van der Waals surface area contributed by atoms with E-state index in [2.05, 4.69) is 4.98 Å². The van der Waals surface area contributed by atoms with E-state index in [1.807, 2.05) is 77.8 Å². The Balaban J connectivity index is 1.48. The van der Waals surface area contributed by atoms with E-state index in [4.69, 9.17) is 0 Å². The Morgan fingerprint density at radius 3 is 2.59 bits per heavy atom. The summed E-state index contributed by atoms with van der Waals surface area (Å²) in [7, 11) is 0. The molecule has 0 bridgehead atoms. The maximum Gasteiger partial charge on any atom is 0.255 e. The Bertz CT molecular complexity index is 1100. The van der Waals surface area contributed by atoms with Crippen molar-refractivity contribution in [3.8, 4) is 0 Å². The van der Waals surface area contributed by atoms with Gasteiger partial charge < -0.3 is 9.80 Å². The second kappa shape index (κ2) is 8.95. The maximum absolute atomic E-state index is 14.1. The van der Waals surface area contributed by atoms with Crippen LogP contribution in [0.25, 0.3) is 0 Å². The van der Waals surface area contributed by atoms with E-state index >= 15 is 0 Å². The third kappa shape index (κ3) is 3.91. The molecule has 1 fully saturated rings. The fourth-order valence-corrected chi connectivity index (χ4v) is 5.00. The molecule has 1 aromatic heterocycles. The molecule has 2 atom stereocenters. The molecule has 0 spiro atoms. The van der Waals surface area contributed by atoms with Gasteiger partial charge in [0.1, 0.15) is 6.04 Å². The Morgan fingerprint density at radius 1 is 1.00 bits per heavy atom. The number of pyridine rings is 1. The third-order valence-electron chi connectivity index (χ3n) is 6.64. The molecule has 0 radical (unpaired) electrons. The van der Waals surface area contributed by atoms with Gasteiger partial charge in [-0.1, -0.05) is 54.6 Å². The van der Waals surface area contributed by atoms with Crippen LogP contribution < -0.4 is 0 Å². The average Bonchev–Trinajstić information content (AvgIpc) is 3.19. The average molecular weight is 426 g/mol. The number of aromatic nitrogens is 1. The lowest BCUT2D eigenvalue weighted by Crippen LogP contribution is -2.52. The van der Waals surface area contributed by atoms with Gasteiger partial charge in [-0.15, -0.1) is 0 Å². The van der Waals surface area contributed by atoms with Gasteiger partial charge >= 0.3 is 0 Å². The van der Waals surface area contributed by atoms with Crippen LogP contribution in [0.5, 0.6) is 0 Å². The molecular formula is C27H27N3O2. The van der Waals surface area contributed by atoms with Crippen LogP contribution in [0.1, 0.15) is 52.4 Å². The van der Waals surface area contributed by atoms with Crippen LogP contribution in [-0.4, -0.2) is 39.2 Å². The van der Waals surface area contributed by atoms with E-state index in [1.165, 1.54) is 0 Å². The largest absolute Gasteiger partial charge is 0.334 e. The number of likely N-dealkylation sites (tertiary alicyclic amines) is 1. The van der Waals surface area contributed by atoms with Crippen LogP contribution in [0.3, 0.4) is 0 Å². The van der Waals surface area contributed by atoms with Crippen molar-refractivity contribution in [1.82, 2.24) is 14.8 Å². The van der Waals surface area contributed by atoms with Gasteiger partial charge in [0.05, 0.1) is 6.04 Å². The number of piperidine rings is 1. The second-order valence-corrected chi connectivity index (χ2v) is 8.63. The molecule has 5 heteroatoms. The van der Waals surface area contributed by atoms with Crippen molar-refractivity contribution in [2.24, 2.45) is 0 Å². The summed E-state index contributed by atoms with van der Waals surface area (Å²) >= 11 is 0. The van der Waals surface area contributed by atoms with Crippen molar-refractivity contribution in [2.75, 3.05) is 6.54 Å². The topological polar surface area (TPSA) is 53.5 Å². The highest BCUT2D eigenvalue weighted by atomic mass is 16.2. The molecule has 0 saturated carbocycles. The smallest absolute Gasteiger partial charge is 0.255 e. The zero-order chi connectivity index (χ0) is 21.9. The first kappa shape index (κ1) is 20.4. The van der Waals surface area contributed by atoms with E-state index in [9.17, 15) is 9.59 Å². The summed E-state index contributed by atoms with van der Waals surface area (Å²) in [5, 5.41) is 0. The van der Waals surface area contributed by atoms with Gasteiger partial charge in [0.2, 0.25) is 5.91 Å². The van der Waals surface area contributed by atoms with E-state index < -0.39 is 6.04 Å². The first-order valence-corrected chi connectivity index (χ1v) is 11.4. The van der Waals surface area contributed by atoms with E-state index in [1.54, 1.807) is 11.1 Å². The minimum absolute atomic E-state index is 0.00306. The summed E-state index contributed by atoms with van der Waals surface area (Å²) in [5.41, 5.74) is 3.83. The van der Waals surface area contributed by atoms with Gasteiger partial charge in [-0.25, -0.2) is 0 Å². The second-order valence-electron chi connectivity index (χ2n) is 8.63. The summed E-state index contributed by atoms with van der Waals surface area (Å²) in [5.74, 6) is -0.0200. The zero-order valence-corrected chi connectivity index (χ0v) is 18.1. The molecule has 3 aromatic rings. The van der Waals surface area contributed by atoms with Gasteiger partial charge in [-0.2, -0.15) is 0 Å². The minimum Gasteiger partial charge on any atom is -0.334 e. The standard InChI is InChI=1S/C27H27N3O2/c31-26-23-13-5-4-11-22(23)19-30(26)25(17-20-9-2-1-3-10-20)27(32)29-16-7-6-14-24(29)21-12-8-15-28-18-21/h1-5,8-13,15,18,24-25H,6-7,14,16-17,19H2/t24-,25-/m1/s1. The minimum atomic E-state index is -0.533. The highest BCUT2D eigenvalue weighted by Gasteiger charge is 2.40. The van der Waals surface area contributed by atoms with Crippen LogP contribution in [0.2, 0.25) is 0 Å². The third-order valence-corrected chi connectivity index (χ3v) is 6.64. The molecular weight excluding hydrogens is 398 g/mol. The Hall–Kier alpha value is -3.47. The van der Waals surface area contributed by atoms with Crippen molar-refractivity contribution in [1.29, 1.82) is 0 Å². The number of nitrogens with zero attached hydrogens (tertiary/aromatic N) is 3. The number of hydrogen-bond acceptors (Lipinski definition) is 3. The predicted octanol–water partition coefficient (Wildman–Crippen LogP) is 4.40. The molecule has 5 rings (SSSR count). The van der Waals surface area contributed by atoms with Crippen molar-refractivity contribution < 1.29 is 9.59 Å². The lowest BCUT2D eigenvalue weighted by atomic mass is 9.94.